The fraction of sp³-hybridized carbons (Fsp3) is 0.414. The van der Waals surface area contributed by atoms with Gasteiger partial charge >= 0.3 is 5.97 Å². The zero-order chi connectivity index (χ0) is 27.8. The average molecular weight is 507 g/mol. The van der Waals surface area contributed by atoms with Crippen molar-refractivity contribution in [1.29, 1.82) is 0 Å². The second-order valence-electron chi connectivity index (χ2n) is 11.2. The van der Waals surface area contributed by atoms with E-state index in [9.17, 15) is 34.8 Å². The van der Waals surface area contributed by atoms with Gasteiger partial charge in [0, 0.05) is 34.3 Å². The van der Waals surface area contributed by atoms with Crippen LogP contribution in [0.5, 0.6) is 5.75 Å². The van der Waals surface area contributed by atoms with Crippen molar-refractivity contribution in [1.82, 2.24) is 0 Å². The molecule has 0 heterocycles. The van der Waals surface area contributed by atoms with E-state index in [0.29, 0.717) is 6.42 Å². The van der Waals surface area contributed by atoms with E-state index in [2.05, 4.69) is 12.5 Å². The second-order valence-corrected chi connectivity index (χ2v) is 11.2. The SMILES string of the molecule is C=C1C2=C(O)[C@@]3(O)C(=O)C(C(C)=O)=C(O)C[C@@]3(C)C[C@@]2(C)Cc2c(C(C)C)cc(C#CC(=O)O)c(O)c21. The van der Waals surface area contributed by atoms with Crippen molar-refractivity contribution in [2.45, 2.75) is 65.4 Å². The maximum atomic E-state index is 13.5. The molecular formula is C29H30O8. The quantitative estimate of drug-likeness (QED) is 0.300. The topological polar surface area (TPSA) is 152 Å². The first-order valence-corrected chi connectivity index (χ1v) is 12.0. The lowest BCUT2D eigenvalue weighted by atomic mass is 9.48. The summed E-state index contributed by atoms with van der Waals surface area (Å²) in [5, 5.41) is 54.2. The van der Waals surface area contributed by atoms with E-state index in [4.69, 9.17) is 5.11 Å². The number of aromatic hydroxyl groups is 1. The van der Waals surface area contributed by atoms with Crippen molar-refractivity contribution in [3.05, 3.63) is 57.6 Å². The van der Waals surface area contributed by atoms with Gasteiger partial charge in [0.1, 0.15) is 22.8 Å². The largest absolute Gasteiger partial charge is 0.511 e. The molecule has 3 atom stereocenters. The number of phenols is 1. The maximum absolute atomic E-state index is 13.5. The van der Waals surface area contributed by atoms with Crippen LogP contribution in [0.3, 0.4) is 0 Å². The molecule has 37 heavy (non-hydrogen) atoms. The van der Waals surface area contributed by atoms with Gasteiger partial charge in [-0.15, -0.1) is 0 Å². The lowest BCUT2D eigenvalue weighted by Crippen LogP contribution is -2.63. The lowest BCUT2D eigenvalue weighted by Gasteiger charge is -2.57. The number of phenolic OH excluding ortho intramolecular Hbond substituents is 1. The number of rotatable bonds is 2. The highest BCUT2D eigenvalue weighted by atomic mass is 16.4. The first kappa shape index (κ1) is 26.2. The molecule has 3 aliphatic carbocycles. The van der Waals surface area contributed by atoms with Crippen LogP contribution in [0.1, 0.15) is 75.6 Å². The van der Waals surface area contributed by atoms with Crippen molar-refractivity contribution in [2.24, 2.45) is 10.8 Å². The zero-order valence-corrected chi connectivity index (χ0v) is 21.4. The third-order valence-corrected chi connectivity index (χ3v) is 8.13. The molecule has 0 saturated heterocycles. The van der Waals surface area contributed by atoms with E-state index in [1.54, 1.807) is 13.0 Å². The highest BCUT2D eigenvalue weighted by Crippen LogP contribution is 2.64. The Morgan fingerprint density at radius 3 is 2.30 bits per heavy atom. The lowest BCUT2D eigenvalue weighted by molar-refractivity contribution is -0.158. The summed E-state index contributed by atoms with van der Waals surface area (Å²) in [5.74, 6) is -0.115. The van der Waals surface area contributed by atoms with Crippen LogP contribution < -0.4 is 0 Å². The molecule has 4 rings (SSSR count). The van der Waals surface area contributed by atoms with Gasteiger partial charge in [-0.25, -0.2) is 4.79 Å². The fourth-order valence-corrected chi connectivity index (χ4v) is 6.69. The molecule has 1 aromatic rings. The fourth-order valence-electron chi connectivity index (χ4n) is 6.69. The Morgan fingerprint density at radius 2 is 1.76 bits per heavy atom. The van der Waals surface area contributed by atoms with Gasteiger partial charge in [-0.1, -0.05) is 40.2 Å². The second kappa shape index (κ2) is 8.09. The number of aliphatic carboxylic acids is 1. The Labute approximate surface area is 214 Å². The summed E-state index contributed by atoms with van der Waals surface area (Å²) in [4.78, 5) is 36.7. The molecule has 3 aliphatic rings. The molecule has 0 bridgehead atoms. The number of allylic oxidation sites excluding steroid dienone is 3. The summed E-state index contributed by atoms with van der Waals surface area (Å²) in [6, 6.07) is 1.65. The van der Waals surface area contributed by atoms with Gasteiger partial charge in [0.15, 0.2) is 11.4 Å². The molecule has 5 N–H and O–H groups in total. The van der Waals surface area contributed by atoms with Crippen LogP contribution in [0.25, 0.3) is 5.57 Å². The van der Waals surface area contributed by atoms with Crippen LogP contribution in [-0.4, -0.2) is 48.7 Å². The minimum atomic E-state index is -2.49. The number of carbonyl (C=O) groups excluding carboxylic acids is 2. The molecule has 194 valence electrons. The number of ketones is 2. The van der Waals surface area contributed by atoms with Crippen LogP contribution in [0, 0.1) is 22.7 Å². The van der Waals surface area contributed by atoms with Crippen LogP contribution in [-0.2, 0) is 20.8 Å². The highest BCUT2D eigenvalue weighted by Gasteiger charge is 2.67. The number of carboxylic acids is 1. The molecule has 0 saturated carbocycles. The number of hydrogen-bond acceptors (Lipinski definition) is 7. The molecule has 0 amide bonds. The molecular weight excluding hydrogens is 476 g/mol. The van der Waals surface area contributed by atoms with Crippen molar-refractivity contribution >= 4 is 23.1 Å². The average Bonchev–Trinajstić information content (AvgIpc) is 2.74. The summed E-state index contributed by atoms with van der Waals surface area (Å²) in [5.41, 5.74) is -2.98. The van der Waals surface area contributed by atoms with E-state index in [0.717, 1.165) is 18.1 Å². The van der Waals surface area contributed by atoms with E-state index >= 15 is 0 Å². The number of Topliss-reactive ketones (excluding diaryl/α,β-unsaturated/α-hetero) is 2. The summed E-state index contributed by atoms with van der Waals surface area (Å²) in [6.07, 6.45) is 0.273. The smallest absolute Gasteiger partial charge is 0.382 e. The molecule has 0 unspecified atom stereocenters. The molecule has 0 spiro atoms. The molecule has 0 fully saturated rings. The summed E-state index contributed by atoms with van der Waals surface area (Å²) < 4.78 is 0. The summed E-state index contributed by atoms with van der Waals surface area (Å²) in [7, 11) is 0. The Kier molecular flexibility index (Phi) is 5.73. The summed E-state index contributed by atoms with van der Waals surface area (Å²) >= 11 is 0. The van der Waals surface area contributed by atoms with Crippen LogP contribution in [0.4, 0.5) is 0 Å². The standard InChI is InChI=1S/C29H30O8/c1-13(2)17-9-16(7-8-20(32)33)24(34)21-14(3)23-26(36)29(37)25(35)22(15(4)30)19(31)11-28(29,6)12-27(23,5)10-18(17)21/h9,13,31,34,36-37H,3,10-12H2,1-2,4-6H3,(H,32,33)/t27-,28+,29+/m1/s1. The molecule has 0 aromatic heterocycles. The Balaban J connectivity index is 2.04. The van der Waals surface area contributed by atoms with Gasteiger partial charge in [-0.2, -0.15) is 0 Å². The minimum Gasteiger partial charge on any atom is -0.511 e. The van der Waals surface area contributed by atoms with Gasteiger partial charge < -0.3 is 25.5 Å². The highest BCUT2D eigenvalue weighted by molar-refractivity contribution is 6.24. The minimum absolute atomic E-state index is 0.0345. The predicted molar refractivity (Wildman–Crippen MR) is 135 cm³/mol. The van der Waals surface area contributed by atoms with Gasteiger partial charge in [0.25, 0.3) is 0 Å². The number of fused-ring (bicyclic) bond motifs is 3. The third kappa shape index (κ3) is 3.45. The van der Waals surface area contributed by atoms with Crippen LogP contribution >= 0.6 is 0 Å². The van der Waals surface area contributed by atoms with Crippen molar-refractivity contribution in [2.75, 3.05) is 0 Å². The van der Waals surface area contributed by atoms with Gasteiger partial charge in [-0.05, 0) is 48.4 Å². The number of carboxylic acid groups (broad SMARTS) is 1. The number of benzene rings is 1. The van der Waals surface area contributed by atoms with Gasteiger partial charge in [-0.3, -0.25) is 9.59 Å². The normalized spacial score (nSPS) is 28.8. The number of hydrogen-bond donors (Lipinski definition) is 5. The molecule has 0 radical (unpaired) electrons. The first-order chi connectivity index (χ1) is 17.0. The Morgan fingerprint density at radius 1 is 1.14 bits per heavy atom. The Bertz CT molecular complexity index is 1450. The van der Waals surface area contributed by atoms with Crippen molar-refractivity contribution in [3.63, 3.8) is 0 Å². The van der Waals surface area contributed by atoms with E-state index in [1.807, 2.05) is 26.7 Å². The maximum Gasteiger partial charge on any atom is 0.382 e. The number of aliphatic hydroxyl groups is 3. The van der Waals surface area contributed by atoms with Gasteiger partial charge in [0.2, 0.25) is 5.78 Å². The Hall–Kier alpha value is -3.83. The van der Waals surface area contributed by atoms with Crippen molar-refractivity contribution < 1.29 is 39.9 Å². The van der Waals surface area contributed by atoms with Gasteiger partial charge in [0.05, 0.1) is 5.56 Å². The molecule has 0 aliphatic heterocycles. The predicted octanol–water partition coefficient (Wildman–Crippen LogP) is 3.85. The molecule has 8 nitrogen and oxygen atoms in total. The van der Waals surface area contributed by atoms with Crippen LogP contribution in [0.2, 0.25) is 0 Å². The first-order valence-electron chi connectivity index (χ1n) is 12.0. The third-order valence-electron chi connectivity index (χ3n) is 8.13. The molecule has 1 aromatic carbocycles. The van der Waals surface area contributed by atoms with Crippen molar-refractivity contribution in [3.8, 4) is 17.6 Å². The molecule has 8 heteroatoms. The summed E-state index contributed by atoms with van der Waals surface area (Å²) in [6.45, 7) is 12.6. The number of carbonyl (C=O) groups is 3. The monoisotopic (exact) mass is 506 g/mol. The van der Waals surface area contributed by atoms with Crippen LogP contribution in [0.15, 0.2) is 35.3 Å². The van der Waals surface area contributed by atoms with E-state index in [1.165, 1.54) is 0 Å². The zero-order valence-electron chi connectivity index (χ0n) is 21.4. The van der Waals surface area contributed by atoms with E-state index < -0.39 is 51.1 Å². The van der Waals surface area contributed by atoms with E-state index in [-0.39, 0.29) is 46.8 Å². The number of aliphatic hydroxyl groups excluding tert-OH is 2.